The van der Waals surface area contributed by atoms with Gasteiger partial charge in [0.1, 0.15) is 5.58 Å². The van der Waals surface area contributed by atoms with Crippen molar-refractivity contribution in [3.05, 3.63) is 46.8 Å². The molecule has 4 N–H and O–H groups in total. The van der Waals surface area contributed by atoms with Crippen molar-refractivity contribution in [2.75, 3.05) is 20.3 Å². The Morgan fingerprint density at radius 2 is 1.80 bits per heavy atom. The normalized spacial score (nSPS) is 10.1. The minimum Gasteiger partial charge on any atom is -0.469 e. The number of para-hydroxylation sites is 1. The second-order valence-electron chi connectivity index (χ2n) is 4.71. The third-order valence-electron chi connectivity index (χ3n) is 2.84. The number of rotatable bonds is 5. The van der Waals surface area contributed by atoms with Crippen LogP contribution in [0.25, 0.3) is 11.0 Å². The zero-order chi connectivity index (χ0) is 19.3. The third kappa shape index (κ3) is 11.2. The van der Waals surface area contributed by atoms with E-state index in [-0.39, 0.29) is 24.2 Å². The number of benzene rings is 1. The minimum absolute atomic E-state index is 0.163. The van der Waals surface area contributed by atoms with Gasteiger partial charge >= 0.3 is 19.2 Å². The van der Waals surface area contributed by atoms with Crippen molar-refractivity contribution in [3.63, 3.8) is 0 Å². The standard InChI is InChI=1S/C9H6O2.C6H13O5P.CH5N/c10-9-6-5-7-3-1-2-4-8(7)11-9;1-11-6(7)4-2-3-5-12(8,9)10;1-2/h1-6H;2-5H2,1H3,(H2,8,9,10);2H2,1H3. The van der Waals surface area contributed by atoms with Crippen LogP contribution in [0.2, 0.25) is 0 Å². The topological polar surface area (TPSA) is 140 Å². The Morgan fingerprint density at radius 1 is 1.16 bits per heavy atom. The van der Waals surface area contributed by atoms with Crippen LogP contribution in [0.5, 0.6) is 0 Å². The number of carbonyl (C=O) groups is 1. The van der Waals surface area contributed by atoms with E-state index in [0.29, 0.717) is 18.4 Å². The van der Waals surface area contributed by atoms with Crippen LogP contribution >= 0.6 is 7.60 Å². The number of nitrogens with two attached hydrogens (primary N) is 1. The summed E-state index contributed by atoms with van der Waals surface area (Å²) in [5.74, 6) is -0.347. The number of carbonyl (C=O) groups excluding carboxylic acids is 1. The van der Waals surface area contributed by atoms with Crippen LogP contribution in [0.1, 0.15) is 19.3 Å². The predicted molar refractivity (Wildman–Crippen MR) is 95.4 cm³/mol. The maximum atomic E-state index is 10.7. The lowest BCUT2D eigenvalue weighted by molar-refractivity contribution is -0.140. The number of hydrogen-bond acceptors (Lipinski definition) is 6. The summed E-state index contributed by atoms with van der Waals surface area (Å²) in [5, 5.41) is 0.951. The number of unbranched alkanes of at least 4 members (excludes halogenated alkanes) is 1. The number of fused-ring (bicyclic) bond motifs is 1. The smallest absolute Gasteiger partial charge is 0.336 e. The molecule has 140 valence electrons. The number of methoxy groups -OCH3 is 1. The van der Waals surface area contributed by atoms with Gasteiger partial charge in [0.05, 0.1) is 7.11 Å². The van der Waals surface area contributed by atoms with E-state index in [1.165, 1.54) is 20.2 Å². The highest BCUT2D eigenvalue weighted by Crippen LogP contribution is 2.35. The van der Waals surface area contributed by atoms with Crippen molar-refractivity contribution in [2.24, 2.45) is 5.73 Å². The van der Waals surface area contributed by atoms with E-state index in [0.717, 1.165) is 5.39 Å². The molecule has 0 amide bonds. The number of esters is 1. The molecule has 1 aromatic carbocycles. The Balaban J connectivity index is 0.000000419. The highest BCUT2D eigenvalue weighted by Gasteiger charge is 2.11. The first-order chi connectivity index (χ1) is 11.8. The Kier molecular flexibility index (Phi) is 11.4. The molecule has 0 aliphatic carbocycles. The number of ether oxygens (including phenoxy) is 1. The first-order valence-corrected chi connectivity index (χ1v) is 9.29. The molecular weight excluding hydrogens is 349 g/mol. The predicted octanol–water partition coefficient (Wildman–Crippen LogP) is 1.88. The van der Waals surface area contributed by atoms with Crippen LogP contribution < -0.4 is 11.4 Å². The largest absolute Gasteiger partial charge is 0.469 e. The average Bonchev–Trinajstić information content (AvgIpc) is 2.60. The molecule has 0 radical (unpaired) electrons. The summed E-state index contributed by atoms with van der Waals surface area (Å²) in [5.41, 5.74) is 4.84. The average molecular weight is 373 g/mol. The van der Waals surface area contributed by atoms with Crippen LogP contribution in [-0.2, 0) is 14.1 Å². The second kappa shape index (κ2) is 12.4. The molecule has 0 saturated heterocycles. The molecule has 2 aromatic rings. The van der Waals surface area contributed by atoms with Gasteiger partial charge in [0.15, 0.2) is 0 Å². The van der Waals surface area contributed by atoms with Crippen LogP contribution in [-0.4, -0.2) is 36.1 Å². The van der Waals surface area contributed by atoms with Gasteiger partial charge in [0, 0.05) is 24.0 Å². The molecule has 0 atom stereocenters. The summed E-state index contributed by atoms with van der Waals surface area (Å²) in [7, 11) is -1.10. The van der Waals surface area contributed by atoms with Gasteiger partial charge in [-0.15, -0.1) is 0 Å². The van der Waals surface area contributed by atoms with Gasteiger partial charge in [-0.1, -0.05) is 18.2 Å². The fourth-order valence-corrected chi connectivity index (χ4v) is 2.34. The maximum absolute atomic E-state index is 10.7. The molecule has 0 aliphatic rings. The molecule has 2 rings (SSSR count). The van der Waals surface area contributed by atoms with E-state index in [4.69, 9.17) is 14.2 Å². The third-order valence-corrected chi connectivity index (χ3v) is 3.74. The summed E-state index contributed by atoms with van der Waals surface area (Å²) in [6.45, 7) is 0. The Morgan fingerprint density at radius 3 is 2.40 bits per heavy atom. The Labute approximate surface area is 145 Å². The lowest BCUT2D eigenvalue weighted by atomic mass is 10.2. The van der Waals surface area contributed by atoms with Gasteiger partial charge in [-0.3, -0.25) is 9.36 Å². The van der Waals surface area contributed by atoms with E-state index < -0.39 is 7.60 Å². The zero-order valence-corrected chi connectivity index (χ0v) is 15.1. The Bertz CT molecular complexity index is 738. The van der Waals surface area contributed by atoms with E-state index in [9.17, 15) is 14.2 Å². The molecule has 0 saturated carbocycles. The molecule has 25 heavy (non-hydrogen) atoms. The van der Waals surface area contributed by atoms with Gasteiger partial charge in [0.25, 0.3) is 0 Å². The molecule has 0 unspecified atom stereocenters. The van der Waals surface area contributed by atoms with Gasteiger partial charge in [-0.25, -0.2) is 4.79 Å². The van der Waals surface area contributed by atoms with Crippen molar-refractivity contribution in [2.45, 2.75) is 19.3 Å². The lowest BCUT2D eigenvalue weighted by Gasteiger charge is -2.02. The summed E-state index contributed by atoms with van der Waals surface area (Å²) >= 11 is 0. The highest BCUT2D eigenvalue weighted by atomic mass is 31.2. The Hall–Kier alpha value is -1.99. The first-order valence-electron chi connectivity index (χ1n) is 7.50. The van der Waals surface area contributed by atoms with Crippen LogP contribution in [0, 0.1) is 0 Å². The molecule has 1 aromatic heterocycles. The SMILES string of the molecule is CN.COC(=O)CCCCP(=O)(O)O.O=c1ccc2ccccc2o1. The second-order valence-corrected chi connectivity index (χ2v) is 6.49. The summed E-state index contributed by atoms with van der Waals surface area (Å²) in [6.07, 6.45) is 0.859. The van der Waals surface area contributed by atoms with E-state index in [1.54, 1.807) is 12.1 Å². The molecule has 0 fully saturated rings. The monoisotopic (exact) mass is 373 g/mol. The maximum Gasteiger partial charge on any atom is 0.336 e. The van der Waals surface area contributed by atoms with Crippen LogP contribution in [0.4, 0.5) is 0 Å². The molecular formula is C16H24NO7P. The molecule has 8 nitrogen and oxygen atoms in total. The van der Waals surface area contributed by atoms with Gasteiger partial charge < -0.3 is 24.7 Å². The molecule has 0 aliphatic heterocycles. The van der Waals surface area contributed by atoms with E-state index in [1.807, 2.05) is 18.2 Å². The zero-order valence-electron chi connectivity index (χ0n) is 14.3. The van der Waals surface area contributed by atoms with E-state index >= 15 is 0 Å². The summed E-state index contributed by atoms with van der Waals surface area (Å²) < 4.78 is 19.6. The number of hydrogen-bond donors (Lipinski definition) is 3. The van der Waals surface area contributed by atoms with Crippen molar-refractivity contribution in [1.29, 1.82) is 0 Å². The van der Waals surface area contributed by atoms with E-state index in [2.05, 4.69) is 10.5 Å². The molecule has 0 bridgehead atoms. The van der Waals surface area contributed by atoms with Crippen molar-refractivity contribution in [1.82, 2.24) is 0 Å². The van der Waals surface area contributed by atoms with Crippen LogP contribution in [0.15, 0.2) is 45.6 Å². The summed E-state index contributed by atoms with van der Waals surface area (Å²) in [4.78, 5) is 38.1. The van der Waals surface area contributed by atoms with Crippen molar-refractivity contribution in [3.8, 4) is 0 Å². The lowest BCUT2D eigenvalue weighted by Crippen LogP contribution is -2.00. The molecule has 0 spiro atoms. The fourth-order valence-electron chi connectivity index (χ4n) is 1.70. The van der Waals surface area contributed by atoms with Gasteiger partial charge in [-0.2, -0.15) is 0 Å². The first kappa shape index (κ1) is 23.0. The van der Waals surface area contributed by atoms with Gasteiger partial charge in [-0.05, 0) is 32.0 Å². The van der Waals surface area contributed by atoms with Crippen LogP contribution in [0.3, 0.4) is 0 Å². The summed E-state index contributed by atoms with van der Waals surface area (Å²) in [6, 6.07) is 10.6. The van der Waals surface area contributed by atoms with Crippen molar-refractivity contribution < 1.29 is 28.3 Å². The molecule has 9 heteroatoms. The fraction of sp³-hybridized carbons (Fsp3) is 0.375. The quantitative estimate of drug-likeness (QED) is 0.312. The highest BCUT2D eigenvalue weighted by molar-refractivity contribution is 7.51. The van der Waals surface area contributed by atoms with Crippen molar-refractivity contribution >= 4 is 24.5 Å². The molecule has 1 heterocycles. The minimum atomic E-state index is -3.89. The van der Waals surface area contributed by atoms with Gasteiger partial charge in [0.2, 0.25) is 0 Å².